The first-order valence-corrected chi connectivity index (χ1v) is 10.8. The molecule has 0 radical (unpaired) electrons. The van der Waals surface area contributed by atoms with Crippen LogP contribution in [0.2, 0.25) is 0 Å². The summed E-state index contributed by atoms with van der Waals surface area (Å²) in [5.74, 6) is 0.546. The number of H-pyrrole nitrogens is 1. The van der Waals surface area contributed by atoms with E-state index in [1.54, 1.807) is 30.4 Å². The molecule has 0 aliphatic rings. The molecule has 0 aliphatic carbocycles. The van der Waals surface area contributed by atoms with Crippen molar-refractivity contribution < 1.29 is 4.39 Å². The maximum atomic E-state index is 13.5. The number of aryl methyl sites for hydroxylation is 2. The van der Waals surface area contributed by atoms with Crippen LogP contribution in [0.25, 0.3) is 32.0 Å². The van der Waals surface area contributed by atoms with Gasteiger partial charge in [0, 0.05) is 26.3 Å². The van der Waals surface area contributed by atoms with Crippen LogP contribution in [0.4, 0.5) is 4.39 Å². The minimum atomic E-state index is -0.283. The molecule has 7 nitrogen and oxygen atoms in total. The van der Waals surface area contributed by atoms with Crippen LogP contribution in [-0.2, 0) is 6.54 Å². The lowest BCUT2D eigenvalue weighted by atomic mass is 10.1. The highest BCUT2D eigenvalue weighted by molar-refractivity contribution is 7.19. The molecule has 5 aromatic rings. The maximum absolute atomic E-state index is 13.5. The number of hydrogen-bond donors (Lipinski definition) is 1. The van der Waals surface area contributed by atoms with Crippen molar-refractivity contribution in [1.29, 1.82) is 0 Å². The Bertz CT molecular complexity index is 1450. The molecule has 0 saturated carbocycles. The van der Waals surface area contributed by atoms with Gasteiger partial charge in [-0.15, -0.1) is 32.9 Å². The summed E-state index contributed by atoms with van der Waals surface area (Å²) in [7, 11) is 0. The summed E-state index contributed by atoms with van der Waals surface area (Å²) < 4.78 is 13.5. The van der Waals surface area contributed by atoms with Crippen LogP contribution in [-0.4, -0.2) is 30.2 Å². The molecule has 0 unspecified atom stereocenters. The van der Waals surface area contributed by atoms with Gasteiger partial charge in [0.25, 0.3) is 5.56 Å². The number of tetrazole rings is 1. The number of halogens is 1. The number of nitrogens with one attached hydrogen (secondary N) is 1. The van der Waals surface area contributed by atoms with Crippen LogP contribution >= 0.6 is 22.7 Å². The van der Waals surface area contributed by atoms with Crippen LogP contribution < -0.4 is 5.56 Å². The molecular formula is C20H15FN6OS2. The Morgan fingerprint density at radius 3 is 2.83 bits per heavy atom. The van der Waals surface area contributed by atoms with Gasteiger partial charge in [-0.3, -0.25) is 4.79 Å². The highest BCUT2D eigenvalue weighted by Gasteiger charge is 2.15. The van der Waals surface area contributed by atoms with Gasteiger partial charge >= 0.3 is 0 Å². The smallest absolute Gasteiger partial charge is 0.260 e. The first-order valence-electron chi connectivity index (χ1n) is 9.09. The van der Waals surface area contributed by atoms with E-state index < -0.39 is 0 Å². The third-order valence-corrected chi connectivity index (χ3v) is 6.57. The summed E-state index contributed by atoms with van der Waals surface area (Å²) in [6, 6.07) is 8.71. The first-order chi connectivity index (χ1) is 14.5. The van der Waals surface area contributed by atoms with Crippen molar-refractivity contribution in [2.24, 2.45) is 0 Å². The number of thiophene rings is 2. The minimum absolute atomic E-state index is 0.170. The molecule has 0 saturated heterocycles. The van der Waals surface area contributed by atoms with E-state index in [2.05, 4.69) is 25.4 Å². The Balaban J connectivity index is 1.46. The molecule has 0 atom stereocenters. The van der Waals surface area contributed by atoms with Gasteiger partial charge in [-0.1, -0.05) is 0 Å². The normalized spacial score (nSPS) is 11.4. The molecule has 0 spiro atoms. The minimum Gasteiger partial charge on any atom is -0.308 e. The number of nitrogens with zero attached hydrogens (tertiary/aromatic N) is 5. The molecule has 4 heterocycles. The molecule has 5 rings (SSSR count). The second-order valence-corrected chi connectivity index (χ2v) is 9.01. The highest BCUT2D eigenvalue weighted by Crippen LogP contribution is 2.35. The fraction of sp³-hybridized carbons (Fsp3) is 0.150. The lowest BCUT2D eigenvalue weighted by Crippen LogP contribution is -2.15. The van der Waals surface area contributed by atoms with Crippen LogP contribution in [0.1, 0.15) is 16.3 Å². The van der Waals surface area contributed by atoms with E-state index in [0.717, 1.165) is 10.4 Å². The second-order valence-electron chi connectivity index (χ2n) is 6.86. The quantitative estimate of drug-likeness (QED) is 0.455. The zero-order valence-electron chi connectivity index (χ0n) is 16.0. The molecule has 1 N–H and O–H groups in total. The van der Waals surface area contributed by atoms with Crippen molar-refractivity contribution >= 4 is 32.9 Å². The molecule has 150 valence electrons. The van der Waals surface area contributed by atoms with Crippen LogP contribution in [0.3, 0.4) is 0 Å². The summed E-state index contributed by atoms with van der Waals surface area (Å²) in [5, 5.41) is 14.9. The van der Waals surface area contributed by atoms with Gasteiger partial charge in [0.2, 0.25) is 5.82 Å². The Morgan fingerprint density at radius 1 is 1.20 bits per heavy atom. The number of fused-ring (bicyclic) bond motifs is 1. The summed E-state index contributed by atoms with van der Waals surface area (Å²) in [6.07, 6.45) is 0. The monoisotopic (exact) mass is 438 g/mol. The summed E-state index contributed by atoms with van der Waals surface area (Å²) in [4.78, 5) is 24.4. The van der Waals surface area contributed by atoms with Crippen molar-refractivity contribution in [2.45, 2.75) is 20.4 Å². The van der Waals surface area contributed by atoms with Crippen LogP contribution in [0.5, 0.6) is 0 Å². The largest absolute Gasteiger partial charge is 0.308 e. The molecule has 0 fully saturated rings. The average molecular weight is 439 g/mol. The van der Waals surface area contributed by atoms with Crippen molar-refractivity contribution in [1.82, 2.24) is 30.2 Å². The lowest BCUT2D eigenvalue weighted by Gasteiger charge is -2.01. The second kappa shape index (κ2) is 7.22. The fourth-order valence-electron chi connectivity index (χ4n) is 3.17. The van der Waals surface area contributed by atoms with Crippen molar-refractivity contribution in [3.63, 3.8) is 0 Å². The molecule has 0 amide bonds. The lowest BCUT2D eigenvalue weighted by molar-refractivity contribution is 0.555. The van der Waals surface area contributed by atoms with Crippen molar-refractivity contribution in [3.8, 4) is 21.8 Å². The van der Waals surface area contributed by atoms with Gasteiger partial charge in [0.1, 0.15) is 23.0 Å². The standard InChI is InChI=1S/C20H15FN6OS2/c1-10-7-12(4-5-14(10)21)18-24-26-27(25-18)8-16-22-19(28)17-13(9-29-20(17)23-16)15-6-3-11(2)30-15/h3-7,9H,8H2,1-2H3,(H,22,23,28). The molecule has 0 aliphatic heterocycles. The van der Waals surface area contributed by atoms with E-state index >= 15 is 0 Å². The van der Waals surface area contributed by atoms with Gasteiger partial charge in [0.15, 0.2) is 0 Å². The summed E-state index contributed by atoms with van der Waals surface area (Å²) in [6.45, 7) is 3.89. The molecule has 1 aromatic carbocycles. The van der Waals surface area contributed by atoms with Crippen LogP contribution in [0.15, 0.2) is 40.5 Å². The maximum Gasteiger partial charge on any atom is 0.260 e. The zero-order chi connectivity index (χ0) is 20.8. The van der Waals surface area contributed by atoms with E-state index in [0.29, 0.717) is 33.0 Å². The van der Waals surface area contributed by atoms with Crippen LogP contribution in [0, 0.1) is 19.7 Å². The molecule has 30 heavy (non-hydrogen) atoms. The Hall–Kier alpha value is -3.24. The molecule has 10 heteroatoms. The van der Waals surface area contributed by atoms with Crippen molar-refractivity contribution in [2.75, 3.05) is 0 Å². The number of rotatable bonds is 4. The fourth-order valence-corrected chi connectivity index (χ4v) is 5.09. The molecule has 4 aromatic heterocycles. The Kier molecular flexibility index (Phi) is 4.52. The van der Waals surface area contributed by atoms with Gasteiger partial charge in [-0.05, 0) is 55.0 Å². The first kappa shape index (κ1) is 18.8. The van der Waals surface area contributed by atoms with Gasteiger partial charge < -0.3 is 4.98 Å². The van der Waals surface area contributed by atoms with Gasteiger partial charge in [-0.25, -0.2) is 9.37 Å². The predicted octanol–water partition coefficient (Wildman–Crippen LogP) is 4.17. The highest BCUT2D eigenvalue weighted by atomic mass is 32.1. The average Bonchev–Trinajstić information content (AvgIpc) is 3.44. The van der Waals surface area contributed by atoms with E-state index in [9.17, 15) is 9.18 Å². The van der Waals surface area contributed by atoms with Gasteiger partial charge in [0.05, 0.1) is 5.39 Å². The number of benzene rings is 1. The van der Waals surface area contributed by atoms with E-state index in [4.69, 9.17) is 0 Å². The SMILES string of the molecule is Cc1ccc(-c2csc3nc(Cn4nnc(-c5ccc(F)c(C)c5)n4)[nH]c(=O)c23)s1. The topological polar surface area (TPSA) is 89.3 Å². The van der Waals surface area contributed by atoms with Crippen molar-refractivity contribution in [3.05, 3.63) is 68.1 Å². The summed E-state index contributed by atoms with van der Waals surface area (Å²) >= 11 is 3.08. The Morgan fingerprint density at radius 2 is 2.07 bits per heavy atom. The summed E-state index contributed by atoms with van der Waals surface area (Å²) in [5.41, 5.74) is 1.90. The molecule has 0 bridgehead atoms. The third kappa shape index (κ3) is 3.33. The van der Waals surface area contributed by atoms with Gasteiger partial charge in [-0.2, -0.15) is 4.80 Å². The zero-order valence-corrected chi connectivity index (χ0v) is 17.6. The van der Waals surface area contributed by atoms with E-state index in [-0.39, 0.29) is 17.9 Å². The van der Waals surface area contributed by atoms with E-state index in [1.807, 2.05) is 24.4 Å². The number of hydrogen-bond acceptors (Lipinski definition) is 7. The molecular weight excluding hydrogens is 423 g/mol. The predicted molar refractivity (Wildman–Crippen MR) is 115 cm³/mol. The van der Waals surface area contributed by atoms with E-state index in [1.165, 1.54) is 27.1 Å². The number of aromatic nitrogens is 6. The number of aromatic amines is 1. The third-order valence-electron chi connectivity index (χ3n) is 4.66. The Labute approximate surface area is 177 Å².